The van der Waals surface area contributed by atoms with Crippen LogP contribution in [0.2, 0.25) is 5.02 Å². The lowest BCUT2D eigenvalue weighted by Gasteiger charge is -2.21. The number of carbonyl (C=O) groups excluding carboxylic acids is 2. The third kappa shape index (κ3) is 6.29. The third-order valence-electron chi connectivity index (χ3n) is 4.46. The Morgan fingerprint density at radius 3 is 2.84 bits per heavy atom. The molecule has 2 rings (SSSR count). The molecule has 32 heavy (non-hydrogen) atoms. The highest BCUT2D eigenvalue weighted by atomic mass is 35.5. The van der Waals surface area contributed by atoms with Crippen LogP contribution < -0.4 is 16.1 Å². The van der Waals surface area contributed by atoms with Gasteiger partial charge in [-0.25, -0.2) is 4.39 Å². The van der Waals surface area contributed by atoms with E-state index >= 15 is 0 Å². The molecule has 0 saturated carbocycles. The summed E-state index contributed by atoms with van der Waals surface area (Å²) in [6.07, 6.45) is 8.52. The van der Waals surface area contributed by atoms with Gasteiger partial charge in [0.25, 0.3) is 11.8 Å². The van der Waals surface area contributed by atoms with Crippen LogP contribution in [0, 0.1) is 18.2 Å². The van der Waals surface area contributed by atoms with Crippen LogP contribution in [0.5, 0.6) is 5.75 Å². The summed E-state index contributed by atoms with van der Waals surface area (Å²) in [7, 11) is 0. The van der Waals surface area contributed by atoms with Gasteiger partial charge in [-0.3, -0.25) is 24.7 Å². The molecule has 2 aromatic heterocycles. The van der Waals surface area contributed by atoms with E-state index in [4.69, 9.17) is 18.0 Å². The number of unbranched alkanes of at least 4 members (excludes halogenated alkanes) is 1. The zero-order valence-corrected chi connectivity index (χ0v) is 18.1. The average molecular weight is 464 g/mol. The molecule has 0 aliphatic carbocycles. The number of hydrogen-bond donors (Lipinski definition) is 4. The first kappa shape index (κ1) is 24.8. The highest BCUT2D eigenvalue weighted by Crippen LogP contribution is 2.15. The molecule has 11 heteroatoms. The summed E-state index contributed by atoms with van der Waals surface area (Å²) in [5.41, 5.74) is -1.56. The number of pyridine rings is 2. The van der Waals surface area contributed by atoms with Gasteiger partial charge in [-0.05, 0) is 26.0 Å². The van der Waals surface area contributed by atoms with Crippen molar-refractivity contribution in [3.8, 4) is 18.1 Å². The highest BCUT2D eigenvalue weighted by molar-refractivity contribution is 6.31. The zero-order valence-electron chi connectivity index (χ0n) is 17.4. The van der Waals surface area contributed by atoms with Crippen LogP contribution in [0.1, 0.15) is 46.3 Å². The molecule has 170 valence electrons. The number of nitrogens with one attached hydrogen (secondary N) is 3. The van der Waals surface area contributed by atoms with Crippen LogP contribution in [0.3, 0.4) is 0 Å². The van der Waals surface area contributed by atoms with Crippen molar-refractivity contribution in [1.82, 2.24) is 25.5 Å². The fraction of sp³-hybridized carbons (Fsp3) is 0.333. The van der Waals surface area contributed by atoms with Crippen molar-refractivity contribution < 1.29 is 19.1 Å². The maximum atomic E-state index is 13.1. The van der Waals surface area contributed by atoms with Gasteiger partial charge in [0.2, 0.25) is 5.43 Å². The van der Waals surface area contributed by atoms with Crippen LogP contribution in [-0.2, 0) is 6.54 Å². The first-order valence-electron chi connectivity index (χ1n) is 9.76. The first-order chi connectivity index (χ1) is 15.3. The zero-order chi connectivity index (χ0) is 23.7. The van der Waals surface area contributed by atoms with E-state index in [1.54, 1.807) is 6.92 Å². The lowest BCUT2D eigenvalue weighted by atomic mass is 10.2. The van der Waals surface area contributed by atoms with Gasteiger partial charge < -0.3 is 20.3 Å². The van der Waals surface area contributed by atoms with Crippen molar-refractivity contribution in [3.63, 3.8) is 0 Å². The summed E-state index contributed by atoms with van der Waals surface area (Å²) in [6, 6.07) is 1.04. The number of amides is 2. The summed E-state index contributed by atoms with van der Waals surface area (Å²) in [5.74, 6) is -0.418. The number of halogens is 2. The van der Waals surface area contributed by atoms with Crippen molar-refractivity contribution in [1.29, 1.82) is 0 Å². The van der Waals surface area contributed by atoms with Gasteiger partial charge in [0.1, 0.15) is 11.4 Å². The molecule has 0 aromatic carbocycles. The van der Waals surface area contributed by atoms with Gasteiger partial charge in [-0.15, -0.1) is 12.3 Å². The van der Waals surface area contributed by atoms with E-state index in [1.165, 1.54) is 4.90 Å². The van der Waals surface area contributed by atoms with Crippen molar-refractivity contribution in [3.05, 3.63) is 56.5 Å². The van der Waals surface area contributed by atoms with Crippen molar-refractivity contribution >= 4 is 23.4 Å². The van der Waals surface area contributed by atoms with Crippen molar-refractivity contribution in [2.75, 3.05) is 19.8 Å². The van der Waals surface area contributed by atoms with Gasteiger partial charge in [0, 0.05) is 19.2 Å². The molecule has 0 spiro atoms. The minimum Gasteiger partial charge on any atom is -0.503 e. The molecule has 0 unspecified atom stereocenters. The monoisotopic (exact) mass is 463 g/mol. The Morgan fingerprint density at radius 1 is 1.44 bits per heavy atom. The van der Waals surface area contributed by atoms with E-state index in [2.05, 4.69) is 26.5 Å². The fourth-order valence-corrected chi connectivity index (χ4v) is 2.92. The van der Waals surface area contributed by atoms with Crippen LogP contribution in [0.15, 0.2) is 23.3 Å². The first-order valence-corrected chi connectivity index (χ1v) is 10.1. The second-order valence-electron chi connectivity index (χ2n) is 6.65. The Labute approximate surface area is 189 Å². The molecule has 0 aliphatic rings. The summed E-state index contributed by atoms with van der Waals surface area (Å²) in [5, 5.41) is 15.7. The molecule has 2 aromatic rings. The molecule has 0 saturated heterocycles. The standard InChI is InChI=1S/C21H23ClFN5O4/c1-3-5-6-7-24-12-28(4-2)21(32)17-19(30)18(29)14(10-26-17)20(31)27-11-16-15(22)8-13(23)9-25-16/h1,8-10,24,30H,4-7,11-12H2,2H3,(H,26,29)(H,27,31). The molecular weight excluding hydrogens is 441 g/mol. The maximum Gasteiger partial charge on any atom is 0.275 e. The van der Waals surface area contributed by atoms with Gasteiger partial charge in [0.05, 0.1) is 30.1 Å². The molecule has 9 nitrogen and oxygen atoms in total. The Morgan fingerprint density at radius 2 is 2.19 bits per heavy atom. The maximum absolute atomic E-state index is 13.1. The number of hydrogen-bond acceptors (Lipinski definition) is 6. The fourth-order valence-electron chi connectivity index (χ4n) is 2.70. The molecular formula is C21H23ClFN5O4. The van der Waals surface area contributed by atoms with E-state index in [1.807, 2.05) is 0 Å². The lowest BCUT2D eigenvalue weighted by molar-refractivity contribution is 0.0741. The Balaban J connectivity index is 2.09. The van der Waals surface area contributed by atoms with Crippen molar-refractivity contribution in [2.45, 2.75) is 26.3 Å². The predicted octanol–water partition coefficient (Wildman–Crippen LogP) is 1.62. The molecule has 0 bridgehead atoms. The molecule has 0 atom stereocenters. The van der Waals surface area contributed by atoms with E-state index < -0.39 is 34.4 Å². The number of terminal acetylenes is 1. The largest absolute Gasteiger partial charge is 0.503 e. The number of nitrogens with zero attached hydrogens (tertiary/aromatic N) is 2. The second-order valence-corrected chi connectivity index (χ2v) is 7.05. The average Bonchev–Trinajstić information content (AvgIpc) is 2.77. The number of aromatic amines is 1. The van der Waals surface area contributed by atoms with Crippen LogP contribution in [-0.4, -0.2) is 51.5 Å². The topological polar surface area (TPSA) is 127 Å². The quantitative estimate of drug-likeness (QED) is 0.241. The summed E-state index contributed by atoms with van der Waals surface area (Å²) in [4.78, 5) is 45.2. The molecule has 0 fully saturated rings. The Kier molecular flexibility index (Phi) is 9.19. The summed E-state index contributed by atoms with van der Waals surface area (Å²) in [6.45, 7) is 2.67. The lowest BCUT2D eigenvalue weighted by Crippen LogP contribution is -2.40. The second kappa shape index (κ2) is 11.8. The molecule has 0 aliphatic heterocycles. The number of carbonyl (C=O) groups is 2. The normalized spacial score (nSPS) is 10.4. The smallest absolute Gasteiger partial charge is 0.275 e. The minimum absolute atomic E-state index is 0.00978. The minimum atomic E-state index is -1.01. The van der Waals surface area contributed by atoms with Gasteiger partial charge in [0.15, 0.2) is 11.4 Å². The van der Waals surface area contributed by atoms with Crippen LogP contribution in [0.4, 0.5) is 4.39 Å². The highest BCUT2D eigenvalue weighted by Gasteiger charge is 2.23. The van der Waals surface area contributed by atoms with Gasteiger partial charge in [-0.2, -0.15) is 0 Å². The molecule has 4 N–H and O–H groups in total. The van der Waals surface area contributed by atoms with Crippen LogP contribution >= 0.6 is 11.6 Å². The van der Waals surface area contributed by atoms with Crippen molar-refractivity contribution in [2.24, 2.45) is 0 Å². The van der Waals surface area contributed by atoms with Gasteiger partial charge >= 0.3 is 0 Å². The Bertz CT molecular complexity index is 1080. The third-order valence-corrected chi connectivity index (χ3v) is 4.79. The Hall–Kier alpha value is -3.42. The summed E-state index contributed by atoms with van der Waals surface area (Å²) < 4.78 is 13.1. The van der Waals surface area contributed by atoms with E-state index in [0.29, 0.717) is 19.5 Å². The van der Waals surface area contributed by atoms with Crippen LogP contribution in [0.25, 0.3) is 0 Å². The summed E-state index contributed by atoms with van der Waals surface area (Å²) >= 11 is 5.86. The number of aromatic hydroxyl groups is 1. The van der Waals surface area contributed by atoms with E-state index in [0.717, 1.165) is 24.9 Å². The van der Waals surface area contributed by atoms with E-state index in [-0.39, 0.29) is 29.6 Å². The molecule has 2 heterocycles. The SMILES string of the molecule is C#CCCCNCN(CC)C(=O)c1[nH]cc(C(=O)NCc2ncc(F)cc2Cl)c(=O)c1O. The number of aromatic nitrogens is 2. The van der Waals surface area contributed by atoms with Gasteiger partial charge in [-0.1, -0.05) is 11.6 Å². The number of H-pyrrole nitrogens is 1. The number of rotatable bonds is 10. The molecule has 2 amide bonds. The predicted molar refractivity (Wildman–Crippen MR) is 117 cm³/mol. The van der Waals surface area contributed by atoms with E-state index in [9.17, 15) is 23.9 Å². The molecule has 0 radical (unpaired) electrons.